The van der Waals surface area contributed by atoms with Crippen molar-refractivity contribution in [1.82, 2.24) is 19.9 Å². The Morgan fingerprint density at radius 2 is 2.00 bits per heavy atom. The lowest BCUT2D eigenvalue weighted by molar-refractivity contribution is -0.132. The van der Waals surface area contributed by atoms with Crippen molar-refractivity contribution in [2.45, 2.75) is 24.3 Å². The Morgan fingerprint density at radius 1 is 1.16 bits per heavy atom. The molecule has 156 valence electrons. The summed E-state index contributed by atoms with van der Waals surface area (Å²) in [5.74, 6) is -0.458. The summed E-state index contributed by atoms with van der Waals surface area (Å²) in [6.45, 7) is 0.349. The molecule has 5 rings (SSSR count). The lowest BCUT2D eigenvalue weighted by atomic mass is 9.73. The van der Waals surface area contributed by atoms with Gasteiger partial charge in [0.05, 0.1) is 12.5 Å². The molecule has 0 radical (unpaired) electrons. The highest BCUT2D eigenvalue weighted by molar-refractivity contribution is 6.07. The fourth-order valence-corrected chi connectivity index (χ4v) is 4.79. The number of likely N-dealkylation sites (tertiary alicyclic amines) is 1. The maximum Gasteiger partial charge on any atom is 0.325 e. The van der Waals surface area contributed by atoms with Crippen LogP contribution in [0.5, 0.6) is 0 Å². The number of benzene rings is 1. The molecule has 3 N–H and O–H groups in total. The van der Waals surface area contributed by atoms with Crippen LogP contribution in [0.3, 0.4) is 0 Å². The van der Waals surface area contributed by atoms with E-state index in [1.165, 1.54) is 6.20 Å². The minimum absolute atomic E-state index is 0.153. The third kappa shape index (κ3) is 2.89. The minimum Gasteiger partial charge on any atom is -0.334 e. The standard InChI is InChI=1S/C22H19N5O4/c28-17(10-14-12-24-21(31)26-19(14)29)27-9-7-22(18(27)13-4-3-8-23-11-13)15-5-1-2-6-16(15)25-20(22)30/h1-6,8,11-12,18H,7,9-10H2,(H,25,30)(H2,24,26,29,31). The Labute approximate surface area is 176 Å². The molecule has 2 unspecified atom stereocenters. The van der Waals surface area contributed by atoms with E-state index in [0.29, 0.717) is 13.0 Å². The number of H-pyrrole nitrogens is 2. The second-order valence-corrected chi connectivity index (χ2v) is 7.77. The Kier molecular flexibility index (Phi) is 4.32. The van der Waals surface area contributed by atoms with Crippen molar-refractivity contribution < 1.29 is 9.59 Å². The molecule has 1 saturated heterocycles. The van der Waals surface area contributed by atoms with Crippen LogP contribution in [0.4, 0.5) is 5.69 Å². The van der Waals surface area contributed by atoms with Crippen LogP contribution < -0.4 is 16.6 Å². The van der Waals surface area contributed by atoms with Crippen LogP contribution in [0.2, 0.25) is 0 Å². The van der Waals surface area contributed by atoms with Gasteiger partial charge in [-0.15, -0.1) is 0 Å². The maximum absolute atomic E-state index is 13.3. The fourth-order valence-electron chi connectivity index (χ4n) is 4.79. The van der Waals surface area contributed by atoms with Gasteiger partial charge in [0.15, 0.2) is 0 Å². The number of nitrogens with one attached hydrogen (secondary N) is 3. The van der Waals surface area contributed by atoms with E-state index in [9.17, 15) is 19.2 Å². The number of pyridine rings is 1. The van der Waals surface area contributed by atoms with Crippen LogP contribution in [0.15, 0.2) is 64.6 Å². The van der Waals surface area contributed by atoms with Gasteiger partial charge in [-0.3, -0.25) is 24.4 Å². The van der Waals surface area contributed by atoms with E-state index >= 15 is 0 Å². The maximum atomic E-state index is 13.3. The molecule has 1 spiro atoms. The van der Waals surface area contributed by atoms with E-state index in [0.717, 1.165) is 16.8 Å². The average molecular weight is 417 g/mol. The normalized spacial score (nSPS) is 21.9. The summed E-state index contributed by atoms with van der Waals surface area (Å²) in [5.41, 5.74) is 0.329. The highest BCUT2D eigenvalue weighted by Crippen LogP contribution is 2.54. The Hall–Kier alpha value is -4.01. The van der Waals surface area contributed by atoms with E-state index < -0.39 is 22.7 Å². The predicted molar refractivity (Wildman–Crippen MR) is 111 cm³/mol. The van der Waals surface area contributed by atoms with Crippen molar-refractivity contribution in [2.24, 2.45) is 0 Å². The Morgan fingerprint density at radius 3 is 2.77 bits per heavy atom. The topological polar surface area (TPSA) is 128 Å². The van der Waals surface area contributed by atoms with Gasteiger partial charge in [-0.2, -0.15) is 0 Å². The van der Waals surface area contributed by atoms with Gasteiger partial charge >= 0.3 is 5.69 Å². The average Bonchev–Trinajstić information content (AvgIpc) is 3.30. The highest BCUT2D eigenvalue weighted by atomic mass is 16.2. The van der Waals surface area contributed by atoms with Crippen LogP contribution >= 0.6 is 0 Å². The van der Waals surface area contributed by atoms with Crippen molar-refractivity contribution in [3.63, 3.8) is 0 Å². The summed E-state index contributed by atoms with van der Waals surface area (Å²) in [5, 5.41) is 2.96. The van der Waals surface area contributed by atoms with Gasteiger partial charge in [0.1, 0.15) is 5.41 Å². The number of carbonyl (C=O) groups is 2. The number of carbonyl (C=O) groups excluding carboxylic acids is 2. The van der Waals surface area contributed by atoms with Gasteiger partial charge in [-0.1, -0.05) is 24.3 Å². The molecule has 0 bridgehead atoms. The first kappa shape index (κ1) is 19.0. The first-order valence-electron chi connectivity index (χ1n) is 9.92. The predicted octanol–water partition coefficient (Wildman–Crippen LogP) is 0.864. The first-order valence-corrected chi connectivity index (χ1v) is 9.92. The molecule has 3 aromatic rings. The third-order valence-electron chi connectivity index (χ3n) is 6.14. The molecule has 1 aromatic carbocycles. The summed E-state index contributed by atoms with van der Waals surface area (Å²) >= 11 is 0. The molecule has 0 aliphatic carbocycles. The number of fused-ring (bicyclic) bond motifs is 2. The molecule has 9 nitrogen and oxygen atoms in total. The molecular formula is C22H19N5O4. The van der Waals surface area contributed by atoms with Crippen LogP contribution in [0.1, 0.15) is 29.2 Å². The van der Waals surface area contributed by atoms with Gasteiger partial charge in [-0.05, 0) is 29.7 Å². The van der Waals surface area contributed by atoms with E-state index in [2.05, 4.69) is 20.3 Å². The smallest absolute Gasteiger partial charge is 0.325 e. The second kappa shape index (κ2) is 7.05. The van der Waals surface area contributed by atoms with Gasteiger partial charge < -0.3 is 15.2 Å². The summed E-state index contributed by atoms with van der Waals surface area (Å²) in [4.78, 5) is 60.4. The summed E-state index contributed by atoms with van der Waals surface area (Å²) in [6.07, 6.45) is 4.81. The van der Waals surface area contributed by atoms with Crippen molar-refractivity contribution >= 4 is 17.5 Å². The number of hydrogen-bond donors (Lipinski definition) is 3. The van der Waals surface area contributed by atoms with Crippen LogP contribution in [-0.2, 0) is 21.4 Å². The van der Waals surface area contributed by atoms with E-state index in [4.69, 9.17) is 0 Å². The molecule has 9 heteroatoms. The molecule has 2 aromatic heterocycles. The number of aromatic nitrogens is 3. The van der Waals surface area contributed by atoms with E-state index in [1.54, 1.807) is 23.4 Å². The Balaban J connectivity index is 1.59. The van der Waals surface area contributed by atoms with Crippen molar-refractivity contribution in [3.8, 4) is 0 Å². The molecule has 31 heavy (non-hydrogen) atoms. The van der Waals surface area contributed by atoms with E-state index in [-0.39, 0.29) is 23.8 Å². The number of rotatable bonds is 3. The van der Waals surface area contributed by atoms with Crippen molar-refractivity contribution in [1.29, 1.82) is 0 Å². The molecule has 2 atom stereocenters. The second-order valence-electron chi connectivity index (χ2n) is 7.77. The van der Waals surface area contributed by atoms with Gasteiger partial charge in [0, 0.05) is 36.4 Å². The van der Waals surface area contributed by atoms with Gasteiger partial charge in [0.25, 0.3) is 5.56 Å². The minimum atomic E-state index is -0.938. The lowest BCUT2D eigenvalue weighted by Gasteiger charge is -2.34. The number of nitrogens with zero attached hydrogens (tertiary/aromatic N) is 2. The molecule has 4 heterocycles. The molecular weight excluding hydrogens is 398 g/mol. The number of para-hydroxylation sites is 1. The highest BCUT2D eigenvalue weighted by Gasteiger charge is 2.59. The summed E-state index contributed by atoms with van der Waals surface area (Å²) < 4.78 is 0. The molecule has 2 amide bonds. The zero-order chi connectivity index (χ0) is 21.6. The zero-order valence-corrected chi connectivity index (χ0v) is 16.4. The largest absolute Gasteiger partial charge is 0.334 e. The van der Waals surface area contributed by atoms with Crippen LogP contribution in [-0.4, -0.2) is 38.2 Å². The summed E-state index contributed by atoms with van der Waals surface area (Å²) in [6, 6.07) is 10.6. The quantitative estimate of drug-likeness (QED) is 0.582. The zero-order valence-electron chi connectivity index (χ0n) is 16.4. The van der Waals surface area contributed by atoms with Gasteiger partial charge in [0.2, 0.25) is 11.8 Å². The SMILES string of the molecule is O=C(Cc1c[nH]c(=O)[nH]c1=O)N1CCC2(C(=O)Nc3ccccc32)C1c1cccnc1. The molecule has 0 saturated carbocycles. The lowest BCUT2D eigenvalue weighted by Crippen LogP contribution is -2.43. The van der Waals surface area contributed by atoms with Gasteiger partial charge in [-0.25, -0.2) is 4.79 Å². The first-order chi connectivity index (χ1) is 15.0. The van der Waals surface area contributed by atoms with Crippen molar-refractivity contribution in [2.75, 3.05) is 11.9 Å². The Bertz CT molecular complexity index is 1300. The molecule has 2 aliphatic rings. The molecule has 2 aliphatic heterocycles. The summed E-state index contributed by atoms with van der Waals surface area (Å²) in [7, 11) is 0. The van der Waals surface area contributed by atoms with Crippen LogP contribution in [0, 0.1) is 0 Å². The number of hydrogen-bond acceptors (Lipinski definition) is 5. The fraction of sp³-hybridized carbons (Fsp3) is 0.227. The molecule has 1 fully saturated rings. The number of anilines is 1. The van der Waals surface area contributed by atoms with Crippen LogP contribution in [0.25, 0.3) is 0 Å². The van der Waals surface area contributed by atoms with Crippen molar-refractivity contribution in [3.05, 3.63) is 92.5 Å². The third-order valence-corrected chi connectivity index (χ3v) is 6.14. The number of aromatic amines is 2. The number of amides is 2. The monoisotopic (exact) mass is 417 g/mol. The van der Waals surface area contributed by atoms with E-state index in [1.807, 2.05) is 30.3 Å².